The molecule has 3 amide bonds. The standard InChI is InChI=1S/C34H37N3O6S/c1-34(2,3)43-33(41)35-26-30(39)37-27(32(40)42-28(21-11-6-4-7-12-21)22-13-8-5-9-14-22)24(20-44-31(26)37)19-23-15-10-18-36(29(23)38)25-16-17-25/h4-9,11-14,19-20,25-28,31H,10,15-18H2,1-3H3,(H,35,41)/b23-19+/t26-,27-,31-/m1/s1. The van der Waals surface area contributed by atoms with Crippen LogP contribution in [-0.4, -0.2) is 69.3 Å². The van der Waals surface area contributed by atoms with E-state index in [-0.39, 0.29) is 5.91 Å². The van der Waals surface area contributed by atoms with Crippen molar-refractivity contribution < 1.29 is 28.7 Å². The second kappa shape index (κ2) is 12.1. The third-order valence-electron chi connectivity index (χ3n) is 8.06. The molecule has 9 nitrogen and oxygen atoms in total. The van der Waals surface area contributed by atoms with Crippen molar-refractivity contribution in [1.82, 2.24) is 15.1 Å². The second-order valence-corrected chi connectivity index (χ2v) is 13.5. The Labute approximate surface area is 261 Å². The first-order valence-corrected chi connectivity index (χ1v) is 16.0. The number of nitrogens with zero attached hydrogens (tertiary/aromatic N) is 2. The van der Waals surface area contributed by atoms with Crippen LogP contribution < -0.4 is 5.32 Å². The number of ether oxygens (including phenoxy) is 2. The van der Waals surface area contributed by atoms with Crippen molar-refractivity contribution in [3.8, 4) is 0 Å². The predicted molar refractivity (Wildman–Crippen MR) is 166 cm³/mol. The van der Waals surface area contributed by atoms with E-state index in [0.717, 1.165) is 36.9 Å². The van der Waals surface area contributed by atoms with Crippen LogP contribution in [0.2, 0.25) is 0 Å². The first-order chi connectivity index (χ1) is 21.1. The molecule has 0 aromatic heterocycles. The Morgan fingerprint density at radius 2 is 1.64 bits per heavy atom. The molecule has 4 aliphatic rings. The van der Waals surface area contributed by atoms with Crippen LogP contribution in [-0.2, 0) is 23.9 Å². The van der Waals surface area contributed by atoms with Gasteiger partial charge in [0.25, 0.3) is 0 Å². The number of hydrogen-bond acceptors (Lipinski definition) is 7. The Morgan fingerprint density at radius 3 is 2.23 bits per heavy atom. The van der Waals surface area contributed by atoms with Gasteiger partial charge >= 0.3 is 12.1 Å². The van der Waals surface area contributed by atoms with Crippen LogP contribution in [0.3, 0.4) is 0 Å². The number of benzene rings is 2. The quantitative estimate of drug-likeness (QED) is 0.263. The molecule has 0 spiro atoms. The lowest BCUT2D eigenvalue weighted by Crippen LogP contribution is -2.74. The van der Waals surface area contributed by atoms with Crippen molar-refractivity contribution in [2.24, 2.45) is 0 Å². The lowest BCUT2D eigenvalue weighted by Gasteiger charge is -2.51. The van der Waals surface area contributed by atoms with Gasteiger partial charge in [-0.2, -0.15) is 0 Å². The molecule has 1 aliphatic carbocycles. The molecule has 0 unspecified atom stereocenters. The molecule has 3 fully saturated rings. The highest BCUT2D eigenvalue weighted by Crippen LogP contribution is 2.42. The number of thioether (sulfide) groups is 1. The zero-order valence-corrected chi connectivity index (χ0v) is 25.9. The largest absolute Gasteiger partial charge is 0.451 e. The molecule has 3 aliphatic heterocycles. The number of likely N-dealkylation sites (tertiary alicyclic amines) is 1. The number of carbonyl (C=O) groups is 4. The van der Waals surface area contributed by atoms with Crippen molar-refractivity contribution in [1.29, 1.82) is 0 Å². The molecule has 44 heavy (non-hydrogen) atoms. The Bertz CT molecular complexity index is 1460. The van der Waals surface area contributed by atoms with Crippen molar-refractivity contribution >= 4 is 35.6 Å². The highest BCUT2D eigenvalue weighted by molar-refractivity contribution is 8.03. The van der Waals surface area contributed by atoms with Gasteiger partial charge in [-0.15, -0.1) is 11.8 Å². The number of piperidine rings is 1. The fraction of sp³-hybridized carbons (Fsp3) is 0.412. The van der Waals surface area contributed by atoms with Crippen LogP contribution >= 0.6 is 11.8 Å². The summed E-state index contributed by atoms with van der Waals surface area (Å²) in [7, 11) is 0. The number of carbonyl (C=O) groups excluding carboxylic acids is 4. The van der Waals surface area contributed by atoms with Gasteiger partial charge in [0.2, 0.25) is 11.8 Å². The third-order valence-corrected chi connectivity index (χ3v) is 9.25. The number of rotatable bonds is 7. The molecule has 10 heteroatoms. The molecule has 2 aromatic carbocycles. The van der Waals surface area contributed by atoms with Gasteiger partial charge in [0.15, 0.2) is 12.1 Å². The minimum Gasteiger partial charge on any atom is -0.451 e. The number of nitrogens with one attached hydrogen (secondary N) is 1. The fourth-order valence-corrected chi connectivity index (χ4v) is 7.07. The van der Waals surface area contributed by atoms with E-state index in [4.69, 9.17) is 9.47 Å². The van der Waals surface area contributed by atoms with Crippen LogP contribution in [0.5, 0.6) is 0 Å². The molecular formula is C34H37N3O6S. The monoisotopic (exact) mass is 615 g/mol. The summed E-state index contributed by atoms with van der Waals surface area (Å²) in [5, 5.41) is 3.96. The fourth-order valence-electron chi connectivity index (χ4n) is 5.88. The molecule has 3 heterocycles. The Kier molecular flexibility index (Phi) is 8.28. The molecular weight excluding hydrogens is 578 g/mol. The van der Waals surface area contributed by atoms with Crippen LogP contribution in [0.4, 0.5) is 4.79 Å². The zero-order chi connectivity index (χ0) is 31.0. The first-order valence-electron chi connectivity index (χ1n) is 15.1. The maximum Gasteiger partial charge on any atom is 0.408 e. The van der Waals surface area contributed by atoms with E-state index < -0.39 is 47.1 Å². The smallest absolute Gasteiger partial charge is 0.408 e. The Balaban J connectivity index is 1.31. The molecule has 1 saturated carbocycles. The van der Waals surface area contributed by atoms with E-state index in [1.165, 1.54) is 16.7 Å². The van der Waals surface area contributed by atoms with Crippen LogP contribution in [0, 0.1) is 0 Å². The van der Waals surface area contributed by atoms with E-state index in [2.05, 4.69) is 5.32 Å². The topological polar surface area (TPSA) is 105 Å². The van der Waals surface area contributed by atoms with Crippen molar-refractivity contribution in [3.63, 3.8) is 0 Å². The zero-order valence-electron chi connectivity index (χ0n) is 25.1. The number of amides is 3. The summed E-state index contributed by atoms with van der Waals surface area (Å²) >= 11 is 1.33. The maximum atomic E-state index is 14.2. The molecule has 2 saturated heterocycles. The summed E-state index contributed by atoms with van der Waals surface area (Å²) in [4.78, 5) is 57.1. The lowest BCUT2D eigenvalue weighted by molar-refractivity contribution is -0.164. The molecule has 6 rings (SSSR count). The van der Waals surface area contributed by atoms with E-state index in [1.807, 2.05) is 71.0 Å². The Hall–Kier alpha value is -4.05. The van der Waals surface area contributed by atoms with Crippen LogP contribution in [0.15, 0.2) is 83.3 Å². The van der Waals surface area contributed by atoms with Gasteiger partial charge in [0.1, 0.15) is 17.0 Å². The van der Waals surface area contributed by atoms with Gasteiger partial charge < -0.3 is 24.6 Å². The van der Waals surface area contributed by atoms with Crippen LogP contribution in [0.1, 0.15) is 63.7 Å². The van der Waals surface area contributed by atoms with Gasteiger partial charge in [-0.25, -0.2) is 9.59 Å². The minimum atomic E-state index is -1.09. The summed E-state index contributed by atoms with van der Waals surface area (Å²) in [6.07, 6.45) is 3.84. The third kappa shape index (κ3) is 6.26. The first kappa shape index (κ1) is 30.0. The average molecular weight is 616 g/mol. The SMILES string of the molecule is CC(C)(C)OC(=O)N[C@@H]1C(=O)N2[C@@H](C(=O)OC(c3ccccc3)c3ccccc3)C(/C=C3\CCCN(C4CC4)C3=O)=CS[C@H]12. The predicted octanol–water partition coefficient (Wildman–Crippen LogP) is 5.09. The highest BCUT2D eigenvalue weighted by atomic mass is 32.2. The lowest BCUT2D eigenvalue weighted by atomic mass is 9.94. The van der Waals surface area contributed by atoms with Gasteiger partial charge in [-0.3, -0.25) is 9.59 Å². The molecule has 3 atom stereocenters. The molecule has 0 radical (unpaired) electrons. The average Bonchev–Trinajstić information content (AvgIpc) is 3.85. The maximum absolute atomic E-state index is 14.2. The Morgan fingerprint density at radius 1 is 1.00 bits per heavy atom. The summed E-state index contributed by atoms with van der Waals surface area (Å²) in [5.74, 6) is -1.03. The molecule has 230 valence electrons. The van der Waals surface area contributed by atoms with Gasteiger partial charge in [-0.05, 0) is 74.6 Å². The number of fused-ring (bicyclic) bond motifs is 1. The summed E-state index contributed by atoms with van der Waals surface area (Å²) < 4.78 is 11.6. The minimum absolute atomic E-state index is 0.00950. The van der Waals surface area contributed by atoms with Crippen molar-refractivity contribution in [3.05, 3.63) is 94.4 Å². The number of esters is 1. The summed E-state index contributed by atoms with van der Waals surface area (Å²) in [5.41, 5.74) is 2.01. The number of alkyl carbamates (subject to hydrolysis) is 1. The van der Waals surface area contributed by atoms with Gasteiger partial charge in [0, 0.05) is 18.2 Å². The second-order valence-electron chi connectivity index (χ2n) is 12.6. The van der Waals surface area contributed by atoms with E-state index >= 15 is 0 Å². The van der Waals surface area contributed by atoms with E-state index in [0.29, 0.717) is 23.6 Å². The number of hydrogen-bond donors (Lipinski definition) is 1. The summed E-state index contributed by atoms with van der Waals surface area (Å²) in [6.45, 7) is 5.98. The number of β-lactam (4-membered cyclic amide) rings is 1. The van der Waals surface area contributed by atoms with Gasteiger partial charge in [0.05, 0.1) is 0 Å². The van der Waals surface area contributed by atoms with Crippen molar-refractivity contribution in [2.75, 3.05) is 6.54 Å². The van der Waals surface area contributed by atoms with Gasteiger partial charge in [-0.1, -0.05) is 60.7 Å². The molecule has 2 aromatic rings. The normalized spacial score (nSPS) is 24.4. The van der Waals surface area contributed by atoms with E-state index in [9.17, 15) is 19.2 Å². The van der Waals surface area contributed by atoms with E-state index in [1.54, 1.807) is 26.8 Å². The highest BCUT2D eigenvalue weighted by Gasteiger charge is 2.56. The van der Waals surface area contributed by atoms with Crippen LogP contribution in [0.25, 0.3) is 0 Å². The van der Waals surface area contributed by atoms with Crippen molar-refractivity contribution in [2.45, 2.75) is 81.7 Å². The summed E-state index contributed by atoms with van der Waals surface area (Å²) in [6, 6.07) is 17.2. The molecule has 1 N–H and O–H groups in total. The molecule has 0 bridgehead atoms.